The van der Waals surface area contributed by atoms with E-state index in [1.807, 2.05) is 19.9 Å². The molecule has 0 saturated carbocycles. The van der Waals surface area contributed by atoms with E-state index in [1.54, 1.807) is 23.9 Å². The molecule has 3 nitrogen and oxygen atoms in total. The Morgan fingerprint density at radius 1 is 1.47 bits per heavy atom. The van der Waals surface area contributed by atoms with Crippen LogP contribution in [-0.4, -0.2) is 17.2 Å². The van der Waals surface area contributed by atoms with Crippen LogP contribution >= 0.6 is 23.4 Å². The van der Waals surface area contributed by atoms with Gasteiger partial charge in [-0.2, -0.15) is 11.8 Å². The average Bonchev–Trinajstić information content (AvgIpc) is 2.18. The first-order chi connectivity index (χ1) is 7.79. The van der Waals surface area contributed by atoms with Crippen molar-refractivity contribution in [2.24, 2.45) is 11.5 Å². The molecule has 1 amide bonds. The standard InChI is InChI=1S/C12H17ClN2OS/c1-12(2,15)7-17-6-9-4-3-8(11(14)16)5-10(9)13/h3-5H,6-7,15H2,1-2H3,(H2,14,16). The summed E-state index contributed by atoms with van der Waals surface area (Å²) in [7, 11) is 0. The van der Waals surface area contributed by atoms with Crippen LogP contribution in [-0.2, 0) is 5.75 Å². The maximum atomic E-state index is 11.0. The first-order valence-corrected chi connectivity index (χ1v) is 6.78. The van der Waals surface area contributed by atoms with Crippen LogP contribution in [0.5, 0.6) is 0 Å². The molecule has 0 aliphatic heterocycles. The van der Waals surface area contributed by atoms with Crippen molar-refractivity contribution in [2.45, 2.75) is 25.1 Å². The van der Waals surface area contributed by atoms with Gasteiger partial charge < -0.3 is 11.5 Å². The first kappa shape index (κ1) is 14.4. The molecule has 0 aromatic heterocycles. The molecule has 0 saturated heterocycles. The van der Waals surface area contributed by atoms with E-state index >= 15 is 0 Å². The highest BCUT2D eigenvalue weighted by atomic mass is 35.5. The minimum Gasteiger partial charge on any atom is -0.366 e. The normalized spacial score (nSPS) is 11.5. The van der Waals surface area contributed by atoms with Crippen molar-refractivity contribution >= 4 is 29.3 Å². The second-order valence-electron chi connectivity index (χ2n) is 4.65. The smallest absolute Gasteiger partial charge is 0.248 e. The van der Waals surface area contributed by atoms with Crippen molar-refractivity contribution in [2.75, 3.05) is 5.75 Å². The maximum absolute atomic E-state index is 11.0. The van der Waals surface area contributed by atoms with Gasteiger partial charge in [0.2, 0.25) is 5.91 Å². The fourth-order valence-corrected chi connectivity index (χ4v) is 2.67. The summed E-state index contributed by atoms with van der Waals surface area (Å²) in [5.41, 5.74) is 12.3. The Morgan fingerprint density at radius 2 is 2.12 bits per heavy atom. The Labute approximate surface area is 111 Å². The molecule has 1 aromatic carbocycles. The van der Waals surface area contributed by atoms with Crippen molar-refractivity contribution in [3.63, 3.8) is 0 Å². The number of carbonyl (C=O) groups excluding carboxylic acids is 1. The monoisotopic (exact) mass is 272 g/mol. The molecule has 17 heavy (non-hydrogen) atoms. The fraction of sp³-hybridized carbons (Fsp3) is 0.417. The van der Waals surface area contributed by atoms with Gasteiger partial charge in [-0.1, -0.05) is 17.7 Å². The molecule has 5 heteroatoms. The summed E-state index contributed by atoms with van der Waals surface area (Å²) in [4.78, 5) is 11.0. The fourth-order valence-electron chi connectivity index (χ4n) is 1.24. The van der Waals surface area contributed by atoms with Gasteiger partial charge in [0.1, 0.15) is 0 Å². The van der Waals surface area contributed by atoms with Gasteiger partial charge in [-0.15, -0.1) is 0 Å². The third kappa shape index (κ3) is 4.98. The summed E-state index contributed by atoms with van der Waals surface area (Å²) < 4.78 is 0. The zero-order valence-electron chi connectivity index (χ0n) is 10.00. The summed E-state index contributed by atoms with van der Waals surface area (Å²) in [6, 6.07) is 5.13. The number of thioether (sulfide) groups is 1. The Bertz CT molecular complexity index is 415. The third-order valence-electron chi connectivity index (χ3n) is 2.07. The molecular formula is C12H17ClN2OS. The van der Waals surface area contributed by atoms with E-state index in [1.165, 1.54) is 0 Å². The summed E-state index contributed by atoms with van der Waals surface area (Å²) >= 11 is 7.79. The van der Waals surface area contributed by atoms with Crippen molar-refractivity contribution < 1.29 is 4.79 Å². The molecule has 0 aliphatic carbocycles. The lowest BCUT2D eigenvalue weighted by atomic mass is 10.1. The molecule has 1 aromatic rings. The number of carbonyl (C=O) groups is 1. The first-order valence-electron chi connectivity index (χ1n) is 5.24. The van der Waals surface area contributed by atoms with Crippen LogP contribution in [0.2, 0.25) is 5.02 Å². The summed E-state index contributed by atoms with van der Waals surface area (Å²) in [6.45, 7) is 3.97. The number of hydrogen-bond acceptors (Lipinski definition) is 3. The number of amides is 1. The SMILES string of the molecule is CC(C)(N)CSCc1ccc(C(N)=O)cc1Cl. The molecule has 0 fully saturated rings. The van der Waals surface area contributed by atoms with Crippen LogP contribution in [0.25, 0.3) is 0 Å². The molecule has 0 bridgehead atoms. The van der Waals surface area contributed by atoms with Gasteiger partial charge in [0.15, 0.2) is 0 Å². The minimum atomic E-state index is -0.464. The van der Waals surface area contributed by atoms with Crippen molar-refractivity contribution in [3.8, 4) is 0 Å². The summed E-state index contributed by atoms with van der Waals surface area (Å²) in [5, 5.41) is 0.573. The molecule has 0 radical (unpaired) electrons. The lowest BCUT2D eigenvalue weighted by molar-refractivity contribution is 0.100. The summed E-state index contributed by atoms with van der Waals surface area (Å²) in [6.07, 6.45) is 0. The predicted octanol–water partition coefficient (Wildman–Crippen LogP) is 2.41. The molecule has 0 spiro atoms. The minimum absolute atomic E-state index is 0.190. The highest BCUT2D eigenvalue weighted by molar-refractivity contribution is 7.98. The molecule has 0 aliphatic rings. The van der Waals surface area contributed by atoms with Gasteiger partial charge in [-0.3, -0.25) is 4.79 Å². The molecular weight excluding hydrogens is 256 g/mol. The van der Waals surface area contributed by atoms with E-state index in [0.717, 1.165) is 17.1 Å². The van der Waals surface area contributed by atoms with E-state index in [4.69, 9.17) is 23.1 Å². The molecule has 1 rings (SSSR count). The largest absolute Gasteiger partial charge is 0.366 e. The van der Waals surface area contributed by atoms with Gasteiger partial charge in [0.05, 0.1) is 0 Å². The van der Waals surface area contributed by atoms with Crippen LogP contribution in [0.1, 0.15) is 29.8 Å². The third-order valence-corrected chi connectivity index (χ3v) is 3.88. The molecule has 0 atom stereocenters. The second kappa shape index (κ2) is 5.76. The van der Waals surface area contributed by atoms with E-state index in [-0.39, 0.29) is 5.54 Å². The highest BCUT2D eigenvalue weighted by Gasteiger charge is 2.11. The number of primary amides is 1. The highest BCUT2D eigenvalue weighted by Crippen LogP contribution is 2.24. The molecule has 4 N–H and O–H groups in total. The molecule has 0 unspecified atom stereocenters. The van der Waals surface area contributed by atoms with Gasteiger partial charge >= 0.3 is 0 Å². The number of benzene rings is 1. The molecule has 94 valence electrons. The van der Waals surface area contributed by atoms with Crippen LogP contribution in [0.3, 0.4) is 0 Å². The molecule has 0 heterocycles. The average molecular weight is 273 g/mol. The topological polar surface area (TPSA) is 69.1 Å². The van der Waals surface area contributed by atoms with Crippen LogP contribution < -0.4 is 11.5 Å². The van der Waals surface area contributed by atoms with Crippen molar-refractivity contribution in [1.29, 1.82) is 0 Å². The number of halogens is 1. The Kier molecular flexibility index (Phi) is 4.86. The Morgan fingerprint density at radius 3 is 2.59 bits per heavy atom. The quantitative estimate of drug-likeness (QED) is 0.865. The zero-order valence-corrected chi connectivity index (χ0v) is 11.6. The predicted molar refractivity (Wildman–Crippen MR) is 74.4 cm³/mol. The Hall–Kier alpha value is -0.710. The van der Waals surface area contributed by atoms with E-state index in [2.05, 4.69) is 0 Å². The second-order valence-corrected chi connectivity index (χ2v) is 6.04. The lowest BCUT2D eigenvalue weighted by Gasteiger charge is -2.17. The Balaban J connectivity index is 2.64. The van der Waals surface area contributed by atoms with Crippen LogP contribution in [0, 0.1) is 0 Å². The van der Waals surface area contributed by atoms with Gasteiger partial charge in [0, 0.05) is 27.6 Å². The van der Waals surface area contributed by atoms with Crippen molar-refractivity contribution in [3.05, 3.63) is 34.3 Å². The maximum Gasteiger partial charge on any atom is 0.248 e. The van der Waals surface area contributed by atoms with Gasteiger partial charge in [-0.25, -0.2) is 0 Å². The lowest BCUT2D eigenvalue weighted by Crippen LogP contribution is -2.34. The zero-order chi connectivity index (χ0) is 13.1. The summed E-state index contributed by atoms with van der Waals surface area (Å²) in [5.74, 6) is 1.16. The van der Waals surface area contributed by atoms with Crippen molar-refractivity contribution in [1.82, 2.24) is 0 Å². The number of nitrogens with two attached hydrogens (primary N) is 2. The van der Waals surface area contributed by atoms with Gasteiger partial charge in [-0.05, 0) is 31.5 Å². The number of hydrogen-bond donors (Lipinski definition) is 2. The van der Waals surface area contributed by atoms with E-state index < -0.39 is 5.91 Å². The van der Waals surface area contributed by atoms with Crippen LogP contribution in [0.15, 0.2) is 18.2 Å². The van der Waals surface area contributed by atoms with Crippen LogP contribution in [0.4, 0.5) is 0 Å². The van der Waals surface area contributed by atoms with E-state index in [9.17, 15) is 4.79 Å². The number of rotatable bonds is 5. The van der Waals surface area contributed by atoms with E-state index in [0.29, 0.717) is 10.6 Å². The van der Waals surface area contributed by atoms with Gasteiger partial charge in [0.25, 0.3) is 0 Å².